The van der Waals surface area contributed by atoms with Crippen LogP contribution in [0.15, 0.2) is 45.6 Å². The first-order chi connectivity index (χ1) is 15.8. The maximum Gasteiger partial charge on any atom is 0.257 e. The fourth-order valence-electron chi connectivity index (χ4n) is 3.64. The van der Waals surface area contributed by atoms with Crippen LogP contribution in [0.2, 0.25) is 0 Å². The van der Waals surface area contributed by atoms with Crippen molar-refractivity contribution < 1.29 is 14.7 Å². The number of benzene rings is 1. The molecule has 2 amide bonds. The van der Waals surface area contributed by atoms with Gasteiger partial charge in [0.15, 0.2) is 5.13 Å². The first-order valence-corrected chi connectivity index (χ1v) is 12.2. The van der Waals surface area contributed by atoms with Gasteiger partial charge < -0.3 is 20.2 Å². The summed E-state index contributed by atoms with van der Waals surface area (Å²) in [7, 11) is 0. The van der Waals surface area contributed by atoms with E-state index in [1.54, 1.807) is 34.2 Å². The smallest absolute Gasteiger partial charge is 0.257 e. The van der Waals surface area contributed by atoms with Gasteiger partial charge in [-0.2, -0.15) is 0 Å². The Bertz CT molecular complexity index is 1170. The van der Waals surface area contributed by atoms with Gasteiger partial charge >= 0.3 is 0 Å². The SMILES string of the molecule is CC(=O)N1CCN(C(=O)c2cc(Sc3cnc(Nc4cc(C)cc(C)n4)s3)ccc2O)CC1. The van der Waals surface area contributed by atoms with E-state index in [1.165, 1.54) is 30.0 Å². The van der Waals surface area contributed by atoms with Gasteiger partial charge in [0.25, 0.3) is 5.91 Å². The van der Waals surface area contributed by atoms with Gasteiger partial charge in [-0.05, 0) is 49.7 Å². The monoisotopic (exact) mass is 483 g/mol. The molecule has 2 aromatic heterocycles. The van der Waals surface area contributed by atoms with Crippen LogP contribution in [-0.2, 0) is 4.79 Å². The third kappa shape index (κ3) is 5.63. The largest absolute Gasteiger partial charge is 0.507 e. The number of nitrogens with one attached hydrogen (secondary N) is 1. The number of amides is 2. The van der Waals surface area contributed by atoms with Gasteiger partial charge in [0.1, 0.15) is 11.6 Å². The van der Waals surface area contributed by atoms with Crippen molar-refractivity contribution in [3.05, 3.63) is 53.3 Å². The molecule has 10 heteroatoms. The number of phenolic OH excluding ortho intramolecular Hbond substituents is 1. The van der Waals surface area contributed by atoms with Gasteiger partial charge in [-0.15, -0.1) is 0 Å². The fourth-order valence-corrected chi connectivity index (χ4v) is 5.54. The second kappa shape index (κ2) is 9.80. The summed E-state index contributed by atoms with van der Waals surface area (Å²) in [5.41, 5.74) is 2.33. The molecule has 1 aliphatic heterocycles. The number of anilines is 2. The Morgan fingerprint density at radius 1 is 1.09 bits per heavy atom. The van der Waals surface area contributed by atoms with Crippen molar-refractivity contribution in [1.82, 2.24) is 19.8 Å². The molecule has 1 saturated heterocycles. The van der Waals surface area contributed by atoms with Crippen LogP contribution in [0.1, 0.15) is 28.5 Å². The summed E-state index contributed by atoms with van der Waals surface area (Å²) in [6.07, 6.45) is 1.77. The number of hydrogen-bond donors (Lipinski definition) is 2. The molecule has 33 heavy (non-hydrogen) atoms. The number of carbonyl (C=O) groups excluding carboxylic acids is 2. The number of pyridine rings is 1. The Kier molecular flexibility index (Phi) is 6.85. The Balaban J connectivity index is 1.44. The Labute approximate surface area is 200 Å². The number of carbonyl (C=O) groups is 2. The van der Waals surface area contributed by atoms with Crippen LogP contribution in [0.3, 0.4) is 0 Å². The molecule has 0 aliphatic carbocycles. The maximum absolute atomic E-state index is 13.0. The van der Waals surface area contributed by atoms with Crippen LogP contribution in [0.5, 0.6) is 5.75 Å². The summed E-state index contributed by atoms with van der Waals surface area (Å²) in [4.78, 5) is 37.6. The van der Waals surface area contributed by atoms with Gasteiger partial charge in [-0.25, -0.2) is 9.97 Å². The van der Waals surface area contributed by atoms with Crippen LogP contribution >= 0.6 is 23.1 Å². The lowest BCUT2D eigenvalue weighted by atomic mass is 10.1. The van der Waals surface area contributed by atoms with Crippen molar-refractivity contribution in [3.8, 4) is 5.75 Å². The molecular formula is C23H25N5O3S2. The highest BCUT2D eigenvalue weighted by molar-refractivity contribution is 8.01. The molecule has 4 rings (SSSR count). The first kappa shape index (κ1) is 23.1. The van der Waals surface area contributed by atoms with Crippen molar-refractivity contribution in [2.75, 3.05) is 31.5 Å². The number of aryl methyl sites for hydroxylation is 2. The third-order valence-corrected chi connectivity index (χ3v) is 7.25. The fraction of sp³-hybridized carbons (Fsp3) is 0.304. The van der Waals surface area contributed by atoms with E-state index in [0.29, 0.717) is 26.2 Å². The second-order valence-corrected chi connectivity index (χ2v) is 10.3. The summed E-state index contributed by atoms with van der Waals surface area (Å²) in [6.45, 7) is 7.41. The molecule has 0 unspecified atom stereocenters. The van der Waals surface area contributed by atoms with Crippen LogP contribution in [-0.4, -0.2) is 62.9 Å². The van der Waals surface area contributed by atoms with Gasteiger partial charge in [-0.3, -0.25) is 9.59 Å². The summed E-state index contributed by atoms with van der Waals surface area (Å²) < 4.78 is 0.945. The molecule has 8 nitrogen and oxygen atoms in total. The van der Waals surface area contributed by atoms with E-state index in [9.17, 15) is 14.7 Å². The van der Waals surface area contributed by atoms with E-state index in [0.717, 1.165) is 31.3 Å². The summed E-state index contributed by atoms with van der Waals surface area (Å²) in [5.74, 6) is 0.479. The van der Waals surface area contributed by atoms with Crippen molar-refractivity contribution >= 4 is 45.9 Å². The number of nitrogens with zero attached hydrogens (tertiary/aromatic N) is 4. The third-order valence-electron chi connectivity index (χ3n) is 5.25. The second-order valence-electron chi connectivity index (χ2n) is 7.86. The van der Waals surface area contributed by atoms with Crippen LogP contribution in [0, 0.1) is 13.8 Å². The molecule has 0 spiro atoms. The standard InChI is InChI=1S/C23H25N5O3S2/c1-14-10-15(2)25-20(11-14)26-23-24-13-21(33-23)32-17-4-5-19(30)18(12-17)22(31)28-8-6-27(7-9-28)16(3)29/h4-5,10-13,30H,6-9H2,1-3H3,(H,24,25,26). The normalized spacial score (nSPS) is 13.8. The molecule has 3 aromatic rings. The molecule has 0 radical (unpaired) electrons. The average Bonchev–Trinajstić information content (AvgIpc) is 3.20. The summed E-state index contributed by atoms with van der Waals surface area (Å²) >= 11 is 2.97. The number of thiazole rings is 1. The minimum atomic E-state index is -0.231. The zero-order chi connectivity index (χ0) is 23.5. The molecule has 0 bridgehead atoms. The number of aromatic hydroxyl groups is 1. The van der Waals surface area contributed by atoms with Crippen LogP contribution < -0.4 is 5.32 Å². The highest BCUT2D eigenvalue weighted by Crippen LogP contribution is 2.36. The summed E-state index contributed by atoms with van der Waals surface area (Å²) in [6, 6.07) is 9.01. The van der Waals surface area contributed by atoms with E-state index < -0.39 is 0 Å². The molecule has 172 valence electrons. The molecule has 1 aromatic carbocycles. The number of rotatable bonds is 5. The lowest BCUT2D eigenvalue weighted by Gasteiger charge is -2.34. The Morgan fingerprint density at radius 3 is 2.52 bits per heavy atom. The van der Waals surface area contributed by atoms with Gasteiger partial charge in [0.05, 0.1) is 16.0 Å². The van der Waals surface area contributed by atoms with Gasteiger partial charge in [0.2, 0.25) is 5.91 Å². The topological polar surface area (TPSA) is 98.7 Å². The Morgan fingerprint density at radius 2 is 1.82 bits per heavy atom. The zero-order valence-electron chi connectivity index (χ0n) is 18.7. The molecule has 1 aliphatic rings. The molecule has 2 N–H and O–H groups in total. The van der Waals surface area contributed by atoms with Gasteiger partial charge in [0, 0.05) is 43.7 Å². The van der Waals surface area contributed by atoms with E-state index >= 15 is 0 Å². The van der Waals surface area contributed by atoms with Gasteiger partial charge in [-0.1, -0.05) is 23.1 Å². The molecule has 0 atom stereocenters. The maximum atomic E-state index is 13.0. The molecular weight excluding hydrogens is 458 g/mol. The van der Waals surface area contributed by atoms with E-state index in [4.69, 9.17) is 0 Å². The van der Waals surface area contributed by atoms with Crippen LogP contribution in [0.4, 0.5) is 10.9 Å². The van der Waals surface area contributed by atoms with Crippen LogP contribution in [0.25, 0.3) is 0 Å². The number of hydrogen-bond acceptors (Lipinski definition) is 8. The Hall–Kier alpha value is -3.11. The van der Waals surface area contributed by atoms with E-state index in [2.05, 4.69) is 15.3 Å². The number of phenols is 1. The predicted octanol–water partition coefficient (Wildman–Crippen LogP) is 4.06. The first-order valence-electron chi connectivity index (χ1n) is 10.5. The predicted molar refractivity (Wildman–Crippen MR) is 129 cm³/mol. The lowest BCUT2D eigenvalue weighted by Crippen LogP contribution is -2.50. The number of aromatic nitrogens is 2. The van der Waals surface area contributed by atoms with Crippen molar-refractivity contribution in [2.24, 2.45) is 0 Å². The molecule has 3 heterocycles. The zero-order valence-corrected chi connectivity index (χ0v) is 20.3. The minimum absolute atomic E-state index is 0.00933. The molecule has 1 fully saturated rings. The lowest BCUT2D eigenvalue weighted by molar-refractivity contribution is -0.130. The van der Waals surface area contributed by atoms with E-state index in [-0.39, 0.29) is 23.1 Å². The quantitative estimate of drug-likeness (QED) is 0.565. The molecule has 0 saturated carbocycles. The highest BCUT2D eigenvalue weighted by atomic mass is 32.2. The van der Waals surface area contributed by atoms with Crippen molar-refractivity contribution in [1.29, 1.82) is 0 Å². The average molecular weight is 484 g/mol. The van der Waals surface area contributed by atoms with Crippen molar-refractivity contribution in [2.45, 2.75) is 29.9 Å². The summed E-state index contributed by atoms with van der Waals surface area (Å²) in [5, 5.41) is 14.3. The van der Waals surface area contributed by atoms with E-state index in [1.807, 2.05) is 26.0 Å². The number of piperazine rings is 1. The highest BCUT2D eigenvalue weighted by Gasteiger charge is 2.25. The van der Waals surface area contributed by atoms with Crippen molar-refractivity contribution in [3.63, 3.8) is 0 Å². The minimum Gasteiger partial charge on any atom is -0.507 e.